The number of hydrogen-bond acceptors (Lipinski definition) is 5. The molecule has 1 rings (SSSR count). The minimum Gasteiger partial charge on any atom is -0.494 e. The van der Waals surface area contributed by atoms with Gasteiger partial charge in [-0.15, -0.1) is 0 Å². The topological polar surface area (TPSA) is 74.1 Å². The molecule has 0 saturated heterocycles. The van der Waals surface area contributed by atoms with Crippen LogP contribution >= 0.6 is 0 Å². The summed E-state index contributed by atoms with van der Waals surface area (Å²) in [5.74, 6) is 0.758. The summed E-state index contributed by atoms with van der Waals surface area (Å²) in [5, 5.41) is 20.8. The van der Waals surface area contributed by atoms with E-state index in [1.54, 1.807) is 31.2 Å². The lowest BCUT2D eigenvalue weighted by molar-refractivity contribution is 0.154. The molecule has 0 saturated carbocycles. The molecule has 0 aromatic heterocycles. The molecular weight excluding hydrogens is 208 g/mol. The van der Waals surface area contributed by atoms with Gasteiger partial charge in [0.15, 0.2) is 0 Å². The lowest BCUT2D eigenvalue weighted by atomic mass is 10.1. The van der Waals surface area contributed by atoms with Gasteiger partial charge in [-0.3, -0.25) is 0 Å². The van der Waals surface area contributed by atoms with Crippen LogP contribution in [0.1, 0.15) is 19.4 Å². The first-order chi connectivity index (χ1) is 7.72. The molecule has 0 radical (unpaired) electrons. The first kappa shape index (κ1) is 12.5. The number of hydrogen-bond donors (Lipinski definition) is 3. The van der Waals surface area contributed by atoms with Crippen molar-refractivity contribution in [3.8, 4) is 5.75 Å². The number of rotatable bonds is 5. The number of oxime groups is 1. The molecule has 3 N–H and O–H groups in total. The lowest BCUT2D eigenvalue weighted by Gasteiger charge is -2.11. The normalized spacial score (nSPS) is 13.6. The summed E-state index contributed by atoms with van der Waals surface area (Å²) in [6, 6.07) is 6.67. The highest BCUT2D eigenvalue weighted by atomic mass is 16.5. The fraction of sp³-hybridized carbons (Fsp3) is 0.364. The summed E-state index contributed by atoms with van der Waals surface area (Å²) in [4.78, 5) is 0. The second-order valence-electron chi connectivity index (χ2n) is 3.29. The van der Waals surface area contributed by atoms with Crippen LogP contribution in [0.5, 0.6) is 5.75 Å². The van der Waals surface area contributed by atoms with Crippen LogP contribution in [0.25, 0.3) is 0 Å². The van der Waals surface area contributed by atoms with E-state index in [0.717, 1.165) is 11.3 Å². The van der Waals surface area contributed by atoms with Gasteiger partial charge < -0.3 is 15.2 Å². The SMILES string of the molecule is CCOc1ccc(/C(=N/O)[C@H](C)NO)cc1. The van der Waals surface area contributed by atoms with E-state index in [1.807, 2.05) is 12.4 Å². The van der Waals surface area contributed by atoms with Crippen molar-refractivity contribution in [3.63, 3.8) is 0 Å². The van der Waals surface area contributed by atoms with Crippen molar-refractivity contribution in [3.05, 3.63) is 29.8 Å². The van der Waals surface area contributed by atoms with Crippen LogP contribution in [0, 0.1) is 0 Å². The predicted octanol–water partition coefficient (Wildman–Crippen LogP) is 1.63. The Morgan fingerprint density at radius 3 is 2.50 bits per heavy atom. The highest BCUT2D eigenvalue weighted by molar-refractivity contribution is 6.03. The first-order valence-electron chi connectivity index (χ1n) is 5.07. The van der Waals surface area contributed by atoms with Crippen LogP contribution < -0.4 is 10.2 Å². The van der Waals surface area contributed by atoms with E-state index < -0.39 is 6.04 Å². The zero-order chi connectivity index (χ0) is 12.0. The van der Waals surface area contributed by atoms with Crippen LogP contribution in [0.3, 0.4) is 0 Å². The van der Waals surface area contributed by atoms with Crippen molar-refractivity contribution >= 4 is 5.71 Å². The average Bonchev–Trinajstić information content (AvgIpc) is 2.32. The Balaban J connectivity index is 2.87. The van der Waals surface area contributed by atoms with Crippen molar-refractivity contribution in [2.45, 2.75) is 19.9 Å². The summed E-state index contributed by atoms with van der Waals surface area (Å²) in [5.41, 5.74) is 3.12. The summed E-state index contributed by atoms with van der Waals surface area (Å²) in [6.45, 7) is 4.20. The van der Waals surface area contributed by atoms with Gasteiger partial charge in [0, 0.05) is 5.56 Å². The highest BCUT2D eigenvalue weighted by Crippen LogP contribution is 2.13. The van der Waals surface area contributed by atoms with E-state index in [2.05, 4.69) is 5.16 Å². The predicted molar refractivity (Wildman–Crippen MR) is 60.3 cm³/mol. The molecule has 0 aliphatic carbocycles. The van der Waals surface area contributed by atoms with Crippen molar-refractivity contribution < 1.29 is 15.2 Å². The monoisotopic (exact) mass is 224 g/mol. The first-order valence-corrected chi connectivity index (χ1v) is 5.07. The van der Waals surface area contributed by atoms with Gasteiger partial charge in [0.2, 0.25) is 0 Å². The van der Waals surface area contributed by atoms with Gasteiger partial charge >= 0.3 is 0 Å². The molecule has 88 valence electrons. The summed E-state index contributed by atoms with van der Waals surface area (Å²) >= 11 is 0. The molecule has 1 atom stereocenters. The molecule has 1 aromatic carbocycles. The Kier molecular flexibility index (Phi) is 4.75. The third kappa shape index (κ3) is 2.95. The molecule has 0 fully saturated rings. The fourth-order valence-electron chi connectivity index (χ4n) is 1.34. The second kappa shape index (κ2) is 6.09. The number of benzene rings is 1. The maximum absolute atomic E-state index is 8.86. The Morgan fingerprint density at radius 2 is 2.06 bits per heavy atom. The molecule has 0 unspecified atom stereocenters. The summed E-state index contributed by atoms with van der Waals surface area (Å²) < 4.78 is 5.29. The summed E-state index contributed by atoms with van der Waals surface area (Å²) in [6.07, 6.45) is 0. The van der Waals surface area contributed by atoms with E-state index in [1.165, 1.54) is 0 Å². The quantitative estimate of drug-likeness (QED) is 0.404. The van der Waals surface area contributed by atoms with Crippen molar-refractivity contribution in [1.82, 2.24) is 5.48 Å². The zero-order valence-electron chi connectivity index (χ0n) is 9.34. The minimum atomic E-state index is -0.442. The highest BCUT2D eigenvalue weighted by Gasteiger charge is 2.12. The van der Waals surface area contributed by atoms with Crippen molar-refractivity contribution in [1.29, 1.82) is 0 Å². The Bertz CT molecular complexity index is 349. The molecule has 0 aliphatic heterocycles. The smallest absolute Gasteiger partial charge is 0.119 e. The van der Waals surface area contributed by atoms with E-state index in [9.17, 15) is 0 Å². The van der Waals surface area contributed by atoms with Gasteiger partial charge in [-0.1, -0.05) is 5.16 Å². The lowest BCUT2D eigenvalue weighted by Crippen LogP contribution is -2.32. The molecule has 16 heavy (non-hydrogen) atoms. The maximum Gasteiger partial charge on any atom is 0.119 e. The van der Waals surface area contributed by atoms with E-state index >= 15 is 0 Å². The number of nitrogens with zero attached hydrogens (tertiary/aromatic N) is 1. The molecule has 5 heteroatoms. The van der Waals surface area contributed by atoms with Crippen LogP contribution in [-0.2, 0) is 0 Å². The van der Waals surface area contributed by atoms with E-state index in [4.69, 9.17) is 15.2 Å². The fourth-order valence-corrected chi connectivity index (χ4v) is 1.34. The minimum absolute atomic E-state index is 0.366. The van der Waals surface area contributed by atoms with Gasteiger partial charge in [0.1, 0.15) is 11.5 Å². The molecule has 0 amide bonds. The van der Waals surface area contributed by atoms with Gasteiger partial charge in [0.25, 0.3) is 0 Å². The molecule has 0 heterocycles. The van der Waals surface area contributed by atoms with Crippen LogP contribution in [0.2, 0.25) is 0 Å². The molecule has 5 nitrogen and oxygen atoms in total. The van der Waals surface area contributed by atoms with Gasteiger partial charge in [0.05, 0.1) is 12.6 Å². The molecule has 0 bridgehead atoms. The maximum atomic E-state index is 8.86. The second-order valence-corrected chi connectivity index (χ2v) is 3.29. The third-order valence-electron chi connectivity index (χ3n) is 2.17. The average molecular weight is 224 g/mol. The Labute approximate surface area is 94.3 Å². The molecule has 1 aromatic rings. The Morgan fingerprint density at radius 1 is 1.44 bits per heavy atom. The zero-order valence-corrected chi connectivity index (χ0v) is 9.34. The summed E-state index contributed by atoms with van der Waals surface area (Å²) in [7, 11) is 0. The van der Waals surface area contributed by atoms with Gasteiger partial charge in [-0.25, -0.2) is 0 Å². The standard InChI is InChI=1S/C11H16N2O3/c1-3-16-10-6-4-9(5-7-10)11(13-15)8(2)12-14/h4-8,12,14-15H,3H2,1-2H3/b13-11+/t8-/m0/s1. The van der Waals surface area contributed by atoms with E-state index in [-0.39, 0.29) is 0 Å². The number of nitrogens with one attached hydrogen (secondary N) is 1. The van der Waals surface area contributed by atoms with E-state index in [0.29, 0.717) is 12.3 Å². The molecular formula is C11H16N2O3. The molecule has 0 aliphatic rings. The van der Waals surface area contributed by atoms with Crippen LogP contribution in [-0.4, -0.2) is 28.8 Å². The van der Waals surface area contributed by atoms with Crippen LogP contribution in [0.15, 0.2) is 29.4 Å². The number of hydroxylamine groups is 1. The largest absolute Gasteiger partial charge is 0.494 e. The van der Waals surface area contributed by atoms with Gasteiger partial charge in [-0.05, 0) is 38.1 Å². The van der Waals surface area contributed by atoms with Crippen molar-refractivity contribution in [2.75, 3.05) is 6.61 Å². The van der Waals surface area contributed by atoms with Gasteiger partial charge in [-0.2, -0.15) is 5.48 Å². The van der Waals surface area contributed by atoms with Crippen molar-refractivity contribution in [2.24, 2.45) is 5.16 Å². The van der Waals surface area contributed by atoms with Crippen LogP contribution in [0.4, 0.5) is 0 Å². The number of ether oxygens (including phenoxy) is 1. The third-order valence-corrected chi connectivity index (χ3v) is 2.17. The molecule has 0 spiro atoms. The Hall–Kier alpha value is -1.59.